The standard InChI is InChI=1S/C11H10ClN3O3/c12-7-4-5-8(13-6-7)11-15-14-9(18-11)2-1-3-10(16)17/h4-6H,1-3H2,(H,16,17). The van der Waals surface area contributed by atoms with Crippen LogP contribution in [0.3, 0.4) is 0 Å². The molecule has 0 spiro atoms. The van der Waals surface area contributed by atoms with Gasteiger partial charge >= 0.3 is 5.97 Å². The van der Waals surface area contributed by atoms with E-state index in [1.54, 1.807) is 12.1 Å². The maximum absolute atomic E-state index is 10.4. The molecular weight excluding hydrogens is 258 g/mol. The van der Waals surface area contributed by atoms with Gasteiger partial charge in [0.05, 0.1) is 5.02 Å². The van der Waals surface area contributed by atoms with Gasteiger partial charge in [-0.3, -0.25) is 4.79 Å². The zero-order valence-electron chi connectivity index (χ0n) is 9.34. The molecule has 0 saturated heterocycles. The van der Waals surface area contributed by atoms with Gasteiger partial charge in [0.1, 0.15) is 5.69 Å². The minimum Gasteiger partial charge on any atom is -0.481 e. The van der Waals surface area contributed by atoms with Crippen molar-refractivity contribution in [3.05, 3.63) is 29.2 Å². The van der Waals surface area contributed by atoms with Crippen LogP contribution in [0.15, 0.2) is 22.7 Å². The lowest BCUT2D eigenvalue weighted by Crippen LogP contribution is -1.95. The maximum Gasteiger partial charge on any atom is 0.303 e. The first-order chi connectivity index (χ1) is 8.65. The third-order valence-electron chi connectivity index (χ3n) is 2.19. The number of carboxylic acids is 1. The predicted molar refractivity (Wildman–Crippen MR) is 63.1 cm³/mol. The van der Waals surface area contributed by atoms with Gasteiger partial charge in [-0.15, -0.1) is 10.2 Å². The van der Waals surface area contributed by atoms with Gasteiger partial charge in [0.2, 0.25) is 5.89 Å². The first-order valence-electron chi connectivity index (χ1n) is 5.31. The lowest BCUT2D eigenvalue weighted by atomic mass is 10.2. The summed E-state index contributed by atoms with van der Waals surface area (Å²) in [7, 11) is 0. The average molecular weight is 268 g/mol. The zero-order chi connectivity index (χ0) is 13.0. The van der Waals surface area contributed by atoms with E-state index in [9.17, 15) is 4.79 Å². The van der Waals surface area contributed by atoms with E-state index in [2.05, 4.69) is 15.2 Å². The number of halogens is 1. The van der Waals surface area contributed by atoms with Gasteiger partial charge < -0.3 is 9.52 Å². The van der Waals surface area contributed by atoms with Crippen LogP contribution in [0.5, 0.6) is 0 Å². The highest BCUT2D eigenvalue weighted by Gasteiger charge is 2.10. The molecule has 0 unspecified atom stereocenters. The Balaban J connectivity index is 2.01. The van der Waals surface area contributed by atoms with Crippen LogP contribution < -0.4 is 0 Å². The molecule has 2 aromatic heterocycles. The van der Waals surface area contributed by atoms with Crippen LogP contribution in [0.2, 0.25) is 5.02 Å². The van der Waals surface area contributed by atoms with Crippen LogP contribution in [0.1, 0.15) is 18.7 Å². The van der Waals surface area contributed by atoms with Crippen LogP contribution >= 0.6 is 11.6 Å². The van der Waals surface area contributed by atoms with Gasteiger partial charge in [-0.2, -0.15) is 0 Å². The molecule has 0 atom stereocenters. The highest BCUT2D eigenvalue weighted by molar-refractivity contribution is 6.30. The zero-order valence-corrected chi connectivity index (χ0v) is 10.1. The molecule has 0 amide bonds. The minimum atomic E-state index is -0.839. The summed E-state index contributed by atoms with van der Waals surface area (Å²) >= 11 is 5.72. The number of hydrogen-bond donors (Lipinski definition) is 1. The summed E-state index contributed by atoms with van der Waals surface area (Å²) in [4.78, 5) is 14.4. The Kier molecular flexibility index (Phi) is 3.88. The highest BCUT2D eigenvalue weighted by Crippen LogP contribution is 2.17. The molecule has 0 radical (unpaired) electrons. The first kappa shape index (κ1) is 12.5. The summed E-state index contributed by atoms with van der Waals surface area (Å²) in [6.07, 6.45) is 2.47. The molecule has 0 fully saturated rings. The summed E-state index contributed by atoms with van der Waals surface area (Å²) in [6, 6.07) is 3.36. The van der Waals surface area contributed by atoms with Crippen LogP contribution in [0.4, 0.5) is 0 Å². The fraction of sp³-hybridized carbons (Fsp3) is 0.273. The van der Waals surface area contributed by atoms with Crippen molar-refractivity contribution in [1.29, 1.82) is 0 Å². The Morgan fingerprint density at radius 2 is 2.22 bits per heavy atom. The molecule has 18 heavy (non-hydrogen) atoms. The molecule has 0 saturated carbocycles. The molecule has 2 heterocycles. The number of aryl methyl sites for hydroxylation is 1. The molecule has 0 aliphatic carbocycles. The number of aromatic nitrogens is 3. The normalized spacial score (nSPS) is 10.5. The predicted octanol–water partition coefficient (Wildman–Crippen LogP) is 2.19. The fourth-order valence-electron chi connectivity index (χ4n) is 1.35. The minimum absolute atomic E-state index is 0.0803. The molecular formula is C11H10ClN3O3. The van der Waals surface area contributed by atoms with Gasteiger partial charge in [-0.05, 0) is 18.6 Å². The van der Waals surface area contributed by atoms with E-state index >= 15 is 0 Å². The number of rotatable bonds is 5. The number of pyridine rings is 1. The number of hydrogen-bond acceptors (Lipinski definition) is 5. The van der Waals surface area contributed by atoms with Crippen LogP contribution in [-0.2, 0) is 11.2 Å². The van der Waals surface area contributed by atoms with Crippen molar-refractivity contribution in [2.75, 3.05) is 0 Å². The van der Waals surface area contributed by atoms with Crippen molar-refractivity contribution >= 4 is 17.6 Å². The summed E-state index contributed by atoms with van der Waals surface area (Å²) in [5, 5.41) is 16.7. The quantitative estimate of drug-likeness (QED) is 0.893. The average Bonchev–Trinajstić information content (AvgIpc) is 2.78. The summed E-state index contributed by atoms with van der Waals surface area (Å²) in [5.74, 6) is -0.130. The number of aliphatic carboxylic acids is 1. The number of carboxylic acid groups (broad SMARTS) is 1. The van der Waals surface area contributed by atoms with E-state index in [4.69, 9.17) is 21.1 Å². The van der Waals surface area contributed by atoms with E-state index in [-0.39, 0.29) is 6.42 Å². The van der Waals surface area contributed by atoms with Crippen molar-refractivity contribution in [3.63, 3.8) is 0 Å². The molecule has 1 N–H and O–H groups in total. The van der Waals surface area contributed by atoms with Crippen molar-refractivity contribution in [2.24, 2.45) is 0 Å². The van der Waals surface area contributed by atoms with Gasteiger partial charge in [0.15, 0.2) is 0 Å². The number of nitrogens with zero attached hydrogens (tertiary/aromatic N) is 3. The Morgan fingerprint density at radius 1 is 1.39 bits per heavy atom. The maximum atomic E-state index is 10.4. The van der Waals surface area contributed by atoms with Crippen molar-refractivity contribution < 1.29 is 14.3 Å². The molecule has 0 aliphatic heterocycles. The van der Waals surface area contributed by atoms with Gasteiger partial charge in [-0.1, -0.05) is 11.6 Å². The lowest BCUT2D eigenvalue weighted by Gasteiger charge is -1.94. The number of carbonyl (C=O) groups is 1. The molecule has 0 bridgehead atoms. The first-order valence-corrected chi connectivity index (χ1v) is 5.69. The SMILES string of the molecule is O=C(O)CCCc1nnc(-c2ccc(Cl)cn2)o1. The van der Waals surface area contributed by atoms with Crippen LogP contribution in [0, 0.1) is 0 Å². The third kappa shape index (κ3) is 3.27. The summed E-state index contributed by atoms with van der Waals surface area (Å²) in [6.45, 7) is 0. The Bertz CT molecular complexity index is 539. The molecule has 7 heteroatoms. The molecule has 0 aromatic carbocycles. The van der Waals surface area contributed by atoms with Crippen molar-refractivity contribution in [1.82, 2.24) is 15.2 Å². The molecule has 0 aliphatic rings. The Morgan fingerprint density at radius 3 is 2.89 bits per heavy atom. The van der Waals surface area contributed by atoms with E-state index in [1.807, 2.05) is 0 Å². The second-order valence-electron chi connectivity index (χ2n) is 3.61. The van der Waals surface area contributed by atoms with E-state index < -0.39 is 5.97 Å². The van der Waals surface area contributed by atoms with E-state index in [0.29, 0.717) is 35.3 Å². The fourth-order valence-corrected chi connectivity index (χ4v) is 1.46. The second kappa shape index (κ2) is 5.59. The van der Waals surface area contributed by atoms with Crippen molar-refractivity contribution in [3.8, 4) is 11.6 Å². The Labute approximate surface area is 108 Å². The van der Waals surface area contributed by atoms with E-state index in [1.165, 1.54) is 6.20 Å². The third-order valence-corrected chi connectivity index (χ3v) is 2.42. The lowest BCUT2D eigenvalue weighted by molar-refractivity contribution is -0.137. The van der Waals surface area contributed by atoms with Gasteiger partial charge in [0.25, 0.3) is 5.89 Å². The van der Waals surface area contributed by atoms with Crippen LogP contribution in [0.25, 0.3) is 11.6 Å². The highest BCUT2D eigenvalue weighted by atomic mass is 35.5. The smallest absolute Gasteiger partial charge is 0.303 e. The molecule has 94 valence electrons. The van der Waals surface area contributed by atoms with Gasteiger partial charge in [0, 0.05) is 19.0 Å². The summed E-state index contributed by atoms with van der Waals surface area (Å²) < 4.78 is 5.37. The van der Waals surface area contributed by atoms with Crippen molar-refractivity contribution in [2.45, 2.75) is 19.3 Å². The monoisotopic (exact) mass is 267 g/mol. The summed E-state index contributed by atoms with van der Waals surface area (Å²) in [5.41, 5.74) is 0.538. The molecule has 2 aromatic rings. The van der Waals surface area contributed by atoms with Crippen LogP contribution in [-0.4, -0.2) is 26.3 Å². The topological polar surface area (TPSA) is 89.1 Å². The molecule has 2 rings (SSSR count). The second-order valence-corrected chi connectivity index (χ2v) is 4.05. The van der Waals surface area contributed by atoms with Gasteiger partial charge in [-0.25, -0.2) is 4.98 Å². The molecule has 6 nitrogen and oxygen atoms in total. The van der Waals surface area contributed by atoms with E-state index in [0.717, 1.165) is 0 Å². The Hall–Kier alpha value is -1.95. The largest absolute Gasteiger partial charge is 0.481 e.